The Bertz CT molecular complexity index is 307. The lowest BCUT2D eigenvalue weighted by Crippen LogP contribution is -2.43. The molecule has 0 aliphatic heterocycles. The van der Waals surface area contributed by atoms with Crippen LogP contribution in [0.25, 0.3) is 0 Å². The minimum Gasteiger partial charge on any atom is -0.368 e. The van der Waals surface area contributed by atoms with E-state index in [1.807, 2.05) is 0 Å². The molecule has 0 aromatic rings. The molecule has 0 spiro atoms. The number of aldehydes is 1. The predicted molar refractivity (Wildman–Crippen MR) is 45.2 cm³/mol. The lowest BCUT2D eigenvalue weighted by Gasteiger charge is -2.15. The summed E-state index contributed by atoms with van der Waals surface area (Å²) in [6.45, 7) is 0. The number of nitrogens with two attached hydrogens (primary N) is 2. The van der Waals surface area contributed by atoms with E-state index in [1.165, 1.54) is 0 Å². The zero-order valence-corrected chi connectivity index (χ0v) is 7.17. The number of rotatable bonds is 2. The molecule has 0 rings (SSSR count). The number of guanidine groups is 2. The van der Waals surface area contributed by atoms with Crippen LogP contribution in [0.5, 0.6) is 0 Å². The van der Waals surface area contributed by atoms with Gasteiger partial charge in [0.15, 0.2) is 6.29 Å². The van der Waals surface area contributed by atoms with Crippen molar-refractivity contribution in [1.82, 2.24) is 5.01 Å². The van der Waals surface area contributed by atoms with Gasteiger partial charge in [-0.15, -0.1) is 0 Å². The molecule has 0 saturated carbocycles. The number of halogens is 3. The number of nitrogens with one attached hydrogen (secondary N) is 2. The van der Waals surface area contributed by atoms with Crippen molar-refractivity contribution in [2.75, 3.05) is 0 Å². The quantitative estimate of drug-likeness (QED) is 0.211. The topological polar surface area (TPSA) is 132 Å². The maximum Gasteiger partial charge on any atom is 0.438 e. The number of hydrogen-bond acceptors (Lipinski definition) is 4. The van der Waals surface area contributed by atoms with E-state index in [-0.39, 0.29) is 5.01 Å². The molecule has 15 heavy (non-hydrogen) atoms. The van der Waals surface area contributed by atoms with Crippen LogP contribution in [0.4, 0.5) is 13.2 Å². The fourth-order valence-electron chi connectivity index (χ4n) is 0.492. The summed E-state index contributed by atoms with van der Waals surface area (Å²) in [5, 5.41) is 16.1. The predicted octanol–water partition coefficient (Wildman–Crippen LogP) is -0.807. The van der Waals surface area contributed by atoms with Crippen LogP contribution in [0.2, 0.25) is 0 Å². The van der Waals surface area contributed by atoms with Crippen molar-refractivity contribution < 1.29 is 18.0 Å². The molecule has 0 bridgehead atoms. The van der Waals surface area contributed by atoms with Crippen molar-refractivity contribution >= 4 is 23.9 Å². The third kappa shape index (κ3) is 3.62. The van der Waals surface area contributed by atoms with Crippen LogP contribution in [0.15, 0.2) is 5.10 Å². The van der Waals surface area contributed by atoms with E-state index in [1.54, 1.807) is 0 Å². The molecule has 0 fully saturated rings. The maximum atomic E-state index is 12.0. The van der Waals surface area contributed by atoms with E-state index in [4.69, 9.17) is 22.3 Å². The van der Waals surface area contributed by atoms with Crippen LogP contribution in [-0.4, -0.2) is 35.1 Å². The van der Waals surface area contributed by atoms with Gasteiger partial charge in [0.25, 0.3) is 0 Å². The summed E-state index contributed by atoms with van der Waals surface area (Å²) in [6, 6.07) is 0. The molecule has 0 aromatic carbocycles. The first-order chi connectivity index (χ1) is 6.70. The van der Waals surface area contributed by atoms with Gasteiger partial charge in [0.05, 0.1) is 0 Å². The number of nitrogens with zero attached hydrogens (tertiary/aromatic N) is 2. The average Bonchev–Trinajstić information content (AvgIpc) is 2.01. The smallest absolute Gasteiger partial charge is 0.368 e. The molecule has 0 radical (unpaired) electrons. The SMILES string of the molecule is N=C(N)N(/N=C(/C=O)C(F)(F)F)C(=N)N. The highest BCUT2D eigenvalue weighted by Crippen LogP contribution is 2.16. The number of alkyl halides is 3. The van der Waals surface area contributed by atoms with E-state index in [0.29, 0.717) is 0 Å². The monoisotopic (exact) mass is 224 g/mol. The second kappa shape index (κ2) is 4.39. The molecular weight excluding hydrogens is 217 g/mol. The van der Waals surface area contributed by atoms with Gasteiger partial charge < -0.3 is 11.5 Å². The second-order valence-corrected chi connectivity index (χ2v) is 2.18. The summed E-state index contributed by atoms with van der Waals surface area (Å²) in [7, 11) is 0. The normalized spacial score (nSPS) is 12.1. The average molecular weight is 224 g/mol. The van der Waals surface area contributed by atoms with Gasteiger partial charge in [-0.25, -0.2) is 0 Å². The van der Waals surface area contributed by atoms with Gasteiger partial charge in [-0.3, -0.25) is 15.6 Å². The standard InChI is InChI=1S/C5H7F3N6O/c6-5(7,8)2(1-15)13-14(3(9)10)4(11)12/h1H,(H3,9,10)(H3,11,12)/b13-2-. The van der Waals surface area contributed by atoms with Gasteiger partial charge in [0, 0.05) is 0 Å². The third-order valence-corrected chi connectivity index (χ3v) is 1.07. The fourth-order valence-corrected chi connectivity index (χ4v) is 0.492. The van der Waals surface area contributed by atoms with Crippen LogP contribution in [0, 0.1) is 10.8 Å². The highest BCUT2D eigenvalue weighted by Gasteiger charge is 2.36. The first-order valence-electron chi connectivity index (χ1n) is 3.29. The molecule has 0 aromatic heterocycles. The molecule has 84 valence electrons. The van der Waals surface area contributed by atoms with E-state index in [9.17, 15) is 18.0 Å². The summed E-state index contributed by atoms with van der Waals surface area (Å²) in [4.78, 5) is 10.0. The van der Waals surface area contributed by atoms with Crippen LogP contribution in [0.1, 0.15) is 0 Å². The Labute approximate surface area is 81.5 Å². The molecule has 6 N–H and O–H groups in total. The van der Waals surface area contributed by atoms with Crippen molar-refractivity contribution in [2.45, 2.75) is 6.18 Å². The molecule has 0 unspecified atom stereocenters. The highest BCUT2D eigenvalue weighted by atomic mass is 19.4. The third-order valence-electron chi connectivity index (χ3n) is 1.07. The molecule has 10 heteroatoms. The molecule has 0 heterocycles. The van der Waals surface area contributed by atoms with Crippen molar-refractivity contribution in [3.05, 3.63) is 0 Å². The molecule has 0 aliphatic rings. The van der Waals surface area contributed by atoms with Gasteiger partial charge in [-0.1, -0.05) is 0 Å². The second-order valence-electron chi connectivity index (χ2n) is 2.18. The zero-order chi connectivity index (χ0) is 12.2. The van der Waals surface area contributed by atoms with Gasteiger partial charge in [0.1, 0.15) is 0 Å². The van der Waals surface area contributed by atoms with E-state index < -0.39 is 30.1 Å². The van der Waals surface area contributed by atoms with E-state index in [0.717, 1.165) is 0 Å². The largest absolute Gasteiger partial charge is 0.438 e. The number of carbonyl (C=O) groups excluding carboxylic acids is 1. The Morgan fingerprint density at radius 1 is 1.27 bits per heavy atom. The number of carbonyl (C=O) groups is 1. The maximum absolute atomic E-state index is 12.0. The van der Waals surface area contributed by atoms with Crippen molar-refractivity contribution in [2.24, 2.45) is 16.6 Å². The lowest BCUT2D eigenvalue weighted by atomic mass is 10.4. The Kier molecular flexibility index (Phi) is 3.77. The van der Waals surface area contributed by atoms with Crippen molar-refractivity contribution in [3.8, 4) is 0 Å². The summed E-state index contributed by atoms with van der Waals surface area (Å²) in [5.74, 6) is -2.02. The fraction of sp³-hybridized carbons (Fsp3) is 0.200. The molecular formula is C5H7F3N6O. The first-order valence-corrected chi connectivity index (χ1v) is 3.29. The Morgan fingerprint density at radius 3 is 1.87 bits per heavy atom. The Morgan fingerprint density at radius 2 is 1.67 bits per heavy atom. The van der Waals surface area contributed by atoms with E-state index >= 15 is 0 Å². The van der Waals surface area contributed by atoms with Crippen LogP contribution < -0.4 is 11.5 Å². The Balaban J connectivity index is 5.20. The zero-order valence-electron chi connectivity index (χ0n) is 7.17. The minimum absolute atomic E-state index is 0.0305. The number of hydrogen-bond donors (Lipinski definition) is 4. The molecule has 0 atom stereocenters. The summed E-state index contributed by atoms with van der Waals surface area (Å²) in [5.41, 5.74) is 7.72. The summed E-state index contributed by atoms with van der Waals surface area (Å²) in [6.07, 6.45) is -5.57. The van der Waals surface area contributed by atoms with Gasteiger partial charge in [-0.05, 0) is 0 Å². The van der Waals surface area contributed by atoms with Gasteiger partial charge in [0.2, 0.25) is 17.6 Å². The molecule has 0 aliphatic carbocycles. The Hall–Kier alpha value is -2.13. The molecule has 0 amide bonds. The molecule has 7 nitrogen and oxygen atoms in total. The summed E-state index contributed by atoms with van der Waals surface area (Å²) < 4.78 is 36.0. The van der Waals surface area contributed by atoms with Crippen LogP contribution in [-0.2, 0) is 4.79 Å². The summed E-state index contributed by atoms with van der Waals surface area (Å²) >= 11 is 0. The highest BCUT2D eigenvalue weighted by molar-refractivity contribution is 6.31. The lowest BCUT2D eigenvalue weighted by molar-refractivity contribution is -0.107. The van der Waals surface area contributed by atoms with Gasteiger partial charge >= 0.3 is 6.18 Å². The molecule has 0 saturated heterocycles. The van der Waals surface area contributed by atoms with Gasteiger partial charge in [-0.2, -0.15) is 23.3 Å². The number of hydrazone groups is 1. The van der Waals surface area contributed by atoms with E-state index in [2.05, 4.69) is 5.10 Å². The van der Waals surface area contributed by atoms with Crippen molar-refractivity contribution in [1.29, 1.82) is 10.8 Å². The first kappa shape index (κ1) is 12.9. The van der Waals surface area contributed by atoms with Crippen molar-refractivity contribution in [3.63, 3.8) is 0 Å². The van der Waals surface area contributed by atoms with Crippen LogP contribution in [0.3, 0.4) is 0 Å². The minimum atomic E-state index is -5.00. The van der Waals surface area contributed by atoms with Crippen LogP contribution >= 0.6 is 0 Å².